The first kappa shape index (κ1) is 13.7. The summed E-state index contributed by atoms with van der Waals surface area (Å²) >= 11 is 0. The predicted octanol–water partition coefficient (Wildman–Crippen LogP) is 2.00. The van der Waals surface area contributed by atoms with E-state index in [1.807, 2.05) is 25.5 Å². The van der Waals surface area contributed by atoms with Gasteiger partial charge in [0.1, 0.15) is 5.82 Å². The SMILES string of the molecule is Cc1cc(C(CCc2cnn(C)c2)NN)ccc1F. The van der Waals surface area contributed by atoms with Crippen molar-refractivity contribution in [3.05, 3.63) is 53.1 Å². The van der Waals surface area contributed by atoms with Gasteiger partial charge in [-0.25, -0.2) is 4.39 Å². The van der Waals surface area contributed by atoms with Gasteiger partial charge in [0.25, 0.3) is 0 Å². The maximum atomic E-state index is 13.3. The van der Waals surface area contributed by atoms with Crippen LogP contribution < -0.4 is 11.3 Å². The highest BCUT2D eigenvalue weighted by molar-refractivity contribution is 5.26. The highest BCUT2D eigenvalue weighted by Gasteiger charge is 2.11. The molecule has 1 aromatic heterocycles. The van der Waals surface area contributed by atoms with E-state index >= 15 is 0 Å². The minimum atomic E-state index is -0.188. The van der Waals surface area contributed by atoms with Crippen LogP contribution in [0.3, 0.4) is 0 Å². The molecule has 0 fully saturated rings. The molecule has 1 unspecified atom stereocenters. The average Bonchev–Trinajstić information content (AvgIpc) is 2.80. The Morgan fingerprint density at radius 1 is 1.47 bits per heavy atom. The van der Waals surface area contributed by atoms with Crippen molar-refractivity contribution in [2.24, 2.45) is 12.9 Å². The van der Waals surface area contributed by atoms with Gasteiger partial charge in [0, 0.05) is 19.3 Å². The zero-order valence-electron chi connectivity index (χ0n) is 11.2. The highest BCUT2D eigenvalue weighted by Crippen LogP contribution is 2.20. The predicted molar refractivity (Wildman–Crippen MR) is 72.7 cm³/mol. The molecule has 0 aliphatic rings. The van der Waals surface area contributed by atoms with Crippen LogP contribution >= 0.6 is 0 Å². The molecule has 0 bridgehead atoms. The van der Waals surface area contributed by atoms with Crippen molar-refractivity contribution >= 4 is 0 Å². The lowest BCUT2D eigenvalue weighted by Crippen LogP contribution is -2.28. The molecule has 0 amide bonds. The van der Waals surface area contributed by atoms with Crippen molar-refractivity contribution in [3.63, 3.8) is 0 Å². The molecule has 3 N–H and O–H groups in total. The van der Waals surface area contributed by atoms with Crippen molar-refractivity contribution in [1.29, 1.82) is 0 Å². The Balaban J connectivity index is 2.05. The number of aromatic nitrogens is 2. The molecule has 0 aliphatic heterocycles. The fourth-order valence-corrected chi connectivity index (χ4v) is 2.14. The Labute approximate surface area is 112 Å². The Hall–Kier alpha value is -1.72. The molecule has 19 heavy (non-hydrogen) atoms. The van der Waals surface area contributed by atoms with Gasteiger partial charge < -0.3 is 0 Å². The third kappa shape index (κ3) is 3.39. The zero-order chi connectivity index (χ0) is 13.8. The van der Waals surface area contributed by atoms with Crippen molar-refractivity contribution in [3.8, 4) is 0 Å². The van der Waals surface area contributed by atoms with Crippen LogP contribution in [0, 0.1) is 12.7 Å². The monoisotopic (exact) mass is 262 g/mol. The molecule has 2 rings (SSSR count). The van der Waals surface area contributed by atoms with Gasteiger partial charge >= 0.3 is 0 Å². The Morgan fingerprint density at radius 3 is 2.84 bits per heavy atom. The number of aryl methyl sites for hydroxylation is 3. The molecule has 102 valence electrons. The van der Waals surface area contributed by atoms with E-state index in [2.05, 4.69) is 10.5 Å². The maximum Gasteiger partial charge on any atom is 0.126 e. The summed E-state index contributed by atoms with van der Waals surface area (Å²) in [5.74, 6) is 5.41. The Morgan fingerprint density at radius 2 is 2.26 bits per heavy atom. The van der Waals surface area contributed by atoms with Crippen LogP contribution in [0.5, 0.6) is 0 Å². The number of nitrogens with two attached hydrogens (primary N) is 1. The van der Waals surface area contributed by atoms with E-state index in [0.29, 0.717) is 5.56 Å². The van der Waals surface area contributed by atoms with Crippen molar-refractivity contribution < 1.29 is 4.39 Å². The summed E-state index contributed by atoms with van der Waals surface area (Å²) in [4.78, 5) is 0. The van der Waals surface area contributed by atoms with Crippen LogP contribution in [-0.2, 0) is 13.5 Å². The van der Waals surface area contributed by atoms with Gasteiger partial charge in [-0.05, 0) is 42.5 Å². The van der Waals surface area contributed by atoms with Gasteiger partial charge in [0.15, 0.2) is 0 Å². The lowest BCUT2D eigenvalue weighted by Gasteiger charge is -2.16. The molecule has 5 heteroatoms. The summed E-state index contributed by atoms with van der Waals surface area (Å²) in [6.45, 7) is 1.76. The van der Waals surface area contributed by atoms with Gasteiger partial charge in [-0.3, -0.25) is 16.0 Å². The summed E-state index contributed by atoms with van der Waals surface area (Å²) in [5.41, 5.74) is 5.60. The summed E-state index contributed by atoms with van der Waals surface area (Å²) in [6, 6.07) is 5.11. The van der Waals surface area contributed by atoms with E-state index in [4.69, 9.17) is 5.84 Å². The quantitative estimate of drug-likeness (QED) is 0.640. The molecule has 0 spiro atoms. The fourth-order valence-electron chi connectivity index (χ4n) is 2.14. The summed E-state index contributed by atoms with van der Waals surface area (Å²) in [5, 5.41) is 4.13. The summed E-state index contributed by atoms with van der Waals surface area (Å²) < 4.78 is 15.0. The Bertz CT molecular complexity index is 550. The van der Waals surface area contributed by atoms with Crippen molar-refractivity contribution in [2.75, 3.05) is 0 Å². The van der Waals surface area contributed by atoms with Crippen LogP contribution in [0.4, 0.5) is 4.39 Å². The second kappa shape index (κ2) is 5.95. The molecule has 0 radical (unpaired) electrons. The molecule has 1 atom stereocenters. The molecule has 1 aromatic carbocycles. The molecule has 2 aromatic rings. The molecule has 1 heterocycles. The van der Waals surface area contributed by atoms with Gasteiger partial charge in [-0.1, -0.05) is 12.1 Å². The molecular weight excluding hydrogens is 243 g/mol. The number of hydrazine groups is 1. The van der Waals surface area contributed by atoms with E-state index in [1.165, 1.54) is 11.6 Å². The fraction of sp³-hybridized carbons (Fsp3) is 0.357. The number of hydrogen-bond acceptors (Lipinski definition) is 3. The van der Waals surface area contributed by atoms with Crippen molar-refractivity contribution in [2.45, 2.75) is 25.8 Å². The van der Waals surface area contributed by atoms with Crippen molar-refractivity contribution in [1.82, 2.24) is 15.2 Å². The molecular formula is C14H19FN4. The average molecular weight is 262 g/mol. The minimum Gasteiger partial charge on any atom is -0.276 e. The van der Waals surface area contributed by atoms with E-state index in [0.717, 1.165) is 18.4 Å². The van der Waals surface area contributed by atoms with Crippen LogP contribution in [0.2, 0.25) is 0 Å². The van der Waals surface area contributed by atoms with Crippen LogP contribution in [0.1, 0.15) is 29.2 Å². The number of nitrogens with one attached hydrogen (secondary N) is 1. The normalized spacial score (nSPS) is 12.6. The van der Waals surface area contributed by atoms with E-state index in [9.17, 15) is 4.39 Å². The van der Waals surface area contributed by atoms with Crippen LogP contribution in [0.25, 0.3) is 0 Å². The van der Waals surface area contributed by atoms with Gasteiger partial charge in [-0.2, -0.15) is 5.10 Å². The second-order valence-electron chi connectivity index (χ2n) is 4.79. The van der Waals surface area contributed by atoms with Crippen LogP contribution in [0.15, 0.2) is 30.6 Å². The third-order valence-electron chi connectivity index (χ3n) is 3.27. The van der Waals surface area contributed by atoms with Gasteiger partial charge in [-0.15, -0.1) is 0 Å². The first-order valence-corrected chi connectivity index (χ1v) is 6.30. The van der Waals surface area contributed by atoms with Crippen LogP contribution in [-0.4, -0.2) is 9.78 Å². The largest absolute Gasteiger partial charge is 0.276 e. The smallest absolute Gasteiger partial charge is 0.126 e. The standard InChI is InChI=1S/C14H19FN4/c1-10-7-12(4-5-13(10)15)14(18-16)6-3-11-8-17-19(2)9-11/h4-5,7-9,14,18H,3,6,16H2,1-2H3. The van der Waals surface area contributed by atoms with E-state index in [1.54, 1.807) is 17.7 Å². The molecule has 0 saturated carbocycles. The second-order valence-corrected chi connectivity index (χ2v) is 4.79. The molecule has 0 aliphatic carbocycles. The topological polar surface area (TPSA) is 55.9 Å². The number of hydrogen-bond donors (Lipinski definition) is 2. The Kier molecular flexibility index (Phi) is 4.29. The highest BCUT2D eigenvalue weighted by atomic mass is 19.1. The molecule has 4 nitrogen and oxygen atoms in total. The zero-order valence-corrected chi connectivity index (χ0v) is 11.2. The van der Waals surface area contributed by atoms with Gasteiger partial charge in [0.2, 0.25) is 0 Å². The maximum absolute atomic E-state index is 13.3. The number of nitrogens with zero attached hydrogens (tertiary/aromatic N) is 2. The number of rotatable bonds is 5. The summed E-state index contributed by atoms with van der Waals surface area (Å²) in [6.07, 6.45) is 5.55. The van der Waals surface area contributed by atoms with Gasteiger partial charge in [0.05, 0.1) is 6.20 Å². The first-order valence-electron chi connectivity index (χ1n) is 6.30. The lowest BCUT2D eigenvalue weighted by atomic mass is 9.99. The van der Waals surface area contributed by atoms with E-state index < -0.39 is 0 Å². The summed E-state index contributed by atoms with van der Waals surface area (Å²) in [7, 11) is 1.89. The third-order valence-corrected chi connectivity index (χ3v) is 3.27. The number of halogens is 1. The number of benzene rings is 1. The lowest BCUT2D eigenvalue weighted by molar-refractivity contribution is 0.514. The minimum absolute atomic E-state index is 0.0134. The first-order chi connectivity index (χ1) is 9.10. The van der Waals surface area contributed by atoms with E-state index in [-0.39, 0.29) is 11.9 Å². The molecule has 0 saturated heterocycles.